The third-order valence-corrected chi connectivity index (χ3v) is 2.21. The van der Waals surface area contributed by atoms with Crippen LogP contribution in [0.1, 0.15) is 41.0 Å². The van der Waals surface area contributed by atoms with Gasteiger partial charge in [0.25, 0.3) is 0 Å². The normalized spacial score (nSPS) is 12.4. The zero-order valence-corrected chi connectivity index (χ0v) is 11.9. The summed E-state index contributed by atoms with van der Waals surface area (Å²) in [6.07, 6.45) is 0.551. The zero-order valence-electron chi connectivity index (χ0n) is 11.9. The van der Waals surface area contributed by atoms with Crippen LogP contribution in [0, 0.1) is 11.3 Å². The number of rotatable bonds is 4. The van der Waals surface area contributed by atoms with Gasteiger partial charge in [0.2, 0.25) is 0 Å². The first-order chi connectivity index (χ1) is 7.89. The molecule has 0 aliphatic heterocycles. The lowest BCUT2D eigenvalue weighted by molar-refractivity contribution is -0.139. The van der Waals surface area contributed by atoms with Crippen LogP contribution < -0.4 is 5.73 Å². The third kappa shape index (κ3) is 9.84. The van der Waals surface area contributed by atoms with E-state index >= 15 is 0 Å². The van der Waals surface area contributed by atoms with Crippen LogP contribution in [0.25, 0.3) is 0 Å². The lowest BCUT2D eigenvalue weighted by Crippen LogP contribution is -2.31. The van der Waals surface area contributed by atoms with Crippen molar-refractivity contribution in [2.24, 2.45) is 17.1 Å². The van der Waals surface area contributed by atoms with Crippen molar-refractivity contribution in [3.05, 3.63) is 12.2 Å². The van der Waals surface area contributed by atoms with E-state index in [2.05, 4.69) is 6.58 Å². The lowest BCUT2D eigenvalue weighted by atomic mass is 9.88. The van der Waals surface area contributed by atoms with Gasteiger partial charge in [-0.05, 0) is 17.8 Å². The second-order valence-electron chi connectivity index (χ2n) is 5.61. The highest BCUT2D eigenvalue weighted by Crippen LogP contribution is 2.22. The van der Waals surface area contributed by atoms with Gasteiger partial charge in [-0.3, -0.25) is 4.79 Å². The van der Waals surface area contributed by atoms with Crippen LogP contribution in [-0.2, 0) is 9.59 Å². The van der Waals surface area contributed by atoms with Crippen LogP contribution in [0.2, 0.25) is 0 Å². The Balaban J connectivity index is 0. The minimum absolute atomic E-state index is 0.252. The zero-order chi connectivity index (χ0) is 15.1. The van der Waals surface area contributed by atoms with Gasteiger partial charge < -0.3 is 15.9 Å². The van der Waals surface area contributed by atoms with Gasteiger partial charge in [-0.1, -0.05) is 41.2 Å². The average Bonchev–Trinajstić information content (AvgIpc) is 2.14. The van der Waals surface area contributed by atoms with Crippen molar-refractivity contribution >= 4 is 11.9 Å². The monoisotopic (exact) mass is 259 g/mol. The molecule has 0 bridgehead atoms. The molecule has 0 heterocycles. The summed E-state index contributed by atoms with van der Waals surface area (Å²) in [6, 6.07) is -0.690. The molecule has 0 aromatic heterocycles. The Hall–Kier alpha value is -1.36. The summed E-state index contributed by atoms with van der Waals surface area (Å²) in [5.74, 6) is -1.47. The number of aliphatic carboxylic acids is 2. The standard InChI is InChI=1S/C7H12O2.C6H13NO2/c1-5(6(8)9)7(2,3)4;1-4(2)3-5(7)6(8)9/h1H2,2-4H3,(H,8,9);4-5H,3,7H2,1-2H3,(H,8,9)/t;5-/m.0/s1. The van der Waals surface area contributed by atoms with Crippen molar-refractivity contribution in [2.45, 2.75) is 47.1 Å². The molecule has 5 heteroatoms. The van der Waals surface area contributed by atoms with Crippen LogP contribution in [0.5, 0.6) is 0 Å². The van der Waals surface area contributed by atoms with E-state index in [0.29, 0.717) is 12.3 Å². The Labute approximate surface area is 109 Å². The molecule has 0 fully saturated rings. The van der Waals surface area contributed by atoms with Crippen LogP contribution >= 0.6 is 0 Å². The van der Waals surface area contributed by atoms with Crippen molar-refractivity contribution < 1.29 is 19.8 Å². The van der Waals surface area contributed by atoms with Crippen LogP contribution in [0.4, 0.5) is 0 Å². The maximum Gasteiger partial charge on any atom is 0.331 e. The summed E-state index contributed by atoms with van der Waals surface area (Å²) >= 11 is 0. The predicted octanol–water partition coefficient (Wildman–Crippen LogP) is 2.12. The quantitative estimate of drug-likeness (QED) is 0.671. The molecular weight excluding hydrogens is 234 g/mol. The van der Waals surface area contributed by atoms with Gasteiger partial charge in [-0.2, -0.15) is 0 Å². The molecule has 0 amide bonds. The molecule has 0 aromatic rings. The predicted molar refractivity (Wildman–Crippen MR) is 71.3 cm³/mol. The van der Waals surface area contributed by atoms with E-state index in [1.165, 1.54) is 0 Å². The summed E-state index contributed by atoms with van der Waals surface area (Å²) < 4.78 is 0. The van der Waals surface area contributed by atoms with E-state index in [0.717, 1.165) is 0 Å². The number of carboxylic acids is 2. The highest BCUT2D eigenvalue weighted by Gasteiger charge is 2.20. The van der Waals surface area contributed by atoms with Crippen molar-refractivity contribution in [3.63, 3.8) is 0 Å². The second kappa shape index (κ2) is 7.87. The molecule has 0 unspecified atom stereocenters. The van der Waals surface area contributed by atoms with Gasteiger partial charge in [0, 0.05) is 5.57 Å². The van der Waals surface area contributed by atoms with Crippen molar-refractivity contribution in [3.8, 4) is 0 Å². The fourth-order valence-corrected chi connectivity index (χ4v) is 0.929. The van der Waals surface area contributed by atoms with Gasteiger partial charge >= 0.3 is 11.9 Å². The van der Waals surface area contributed by atoms with Crippen LogP contribution in [0.15, 0.2) is 12.2 Å². The SMILES string of the molecule is C=C(C(=O)O)C(C)(C)C.CC(C)C[C@H](N)C(=O)O. The van der Waals surface area contributed by atoms with Gasteiger partial charge in [0.15, 0.2) is 0 Å². The minimum atomic E-state index is -0.914. The topological polar surface area (TPSA) is 101 Å². The fourth-order valence-electron chi connectivity index (χ4n) is 0.929. The molecule has 0 aliphatic rings. The summed E-state index contributed by atoms with van der Waals surface area (Å²) in [5, 5.41) is 16.7. The third-order valence-electron chi connectivity index (χ3n) is 2.21. The molecule has 0 radical (unpaired) electrons. The van der Waals surface area contributed by atoms with E-state index in [-0.39, 0.29) is 11.0 Å². The number of carboxylic acid groups (broad SMARTS) is 2. The van der Waals surface area contributed by atoms with Gasteiger partial charge in [0.05, 0.1) is 0 Å². The molecule has 0 saturated carbocycles. The molecule has 106 valence electrons. The smallest absolute Gasteiger partial charge is 0.331 e. The Morgan fingerprint density at radius 2 is 1.61 bits per heavy atom. The molecule has 4 N–H and O–H groups in total. The fraction of sp³-hybridized carbons (Fsp3) is 0.692. The Bertz CT molecular complexity index is 303. The molecule has 1 atom stereocenters. The maximum atomic E-state index is 10.2. The first kappa shape index (κ1) is 19.0. The second-order valence-corrected chi connectivity index (χ2v) is 5.61. The largest absolute Gasteiger partial charge is 0.480 e. The highest BCUT2D eigenvalue weighted by atomic mass is 16.4. The maximum absolute atomic E-state index is 10.2. The van der Waals surface area contributed by atoms with Crippen molar-refractivity contribution in [2.75, 3.05) is 0 Å². The van der Waals surface area contributed by atoms with Crippen molar-refractivity contribution in [1.82, 2.24) is 0 Å². The van der Waals surface area contributed by atoms with E-state index in [9.17, 15) is 9.59 Å². The number of nitrogens with two attached hydrogens (primary N) is 1. The van der Waals surface area contributed by atoms with Gasteiger partial charge in [-0.15, -0.1) is 0 Å². The van der Waals surface area contributed by atoms with Crippen LogP contribution in [0.3, 0.4) is 0 Å². The summed E-state index contributed by atoms with van der Waals surface area (Å²) in [6.45, 7) is 12.8. The Kier molecular flexibility index (Phi) is 8.30. The first-order valence-electron chi connectivity index (χ1n) is 5.80. The highest BCUT2D eigenvalue weighted by molar-refractivity contribution is 5.87. The van der Waals surface area contributed by atoms with Crippen molar-refractivity contribution in [1.29, 1.82) is 0 Å². The average molecular weight is 259 g/mol. The number of hydrogen-bond donors (Lipinski definition) is 3. The van der Waals surface area contributed by atoms with Crippen LogP contribution in [-0.4, -0.2) is 28.2 Å². The minimum Gasteiger partial charge on any atom is -0.480 e. The number of carbonyl (C=O) groups is 2. The molecular formula is C13H25NO4. The number of hydrogen-bond acceptors (Lipinski definition) is 3. The molecule has 0 saturated heterocycles. The van der Waals surface area contributed by atoms with E-state index in [1.54, 1.807) is 0 Å². The summed E-state index contributed by atoms with van der Waals surface area (Å²) in [7, 11) is 0. The molecule has 18 heavy (non-hydrogen) atoms. The summed E-state index contributed by atoms with van der Waals surface area (Å²) in [5.41, 5.74) is 5.16. The molecule has 0 rings (SSSR count). The molecule has 0 aromatic carbocycles. The molecule has 0 aliphatic carbocycles. The van der Waals surface area contributed by atoms with E-state index in [1.807, 2.05) is 34.6 Å². The Morgan fingerprint density at radius 3 is 1.67 bits per heavy atom. The Morgan fingerprint density at radius 1 is 1.22 bits per heavy atom. The first-order valence-corrected chi connectivity index (χ1v) is 5.80. The van der Waals surface area contributed by atoms with Gasteiger partial charge in [0.1, 0.15) is 6.04 Å². The molecule has 5 nitrogen and oxygen atoms in total. The summed E-state index contributed by atoms with van der Waals surface area (Å²) in [4.78, 5) is 20.4. The van der Waals surface area contributed by atoms with E-state index < -0.39 is 18.0 Å². The molecule has 0 spiro atoms. The van der Waals surface area contributed by atoms with Gasteiger partial charge in [-0.25, -0.2) is 4.79 Å². The van der Waals surface area contributed by atoms with E-state index in [4.69, 9.17) is 15.9 Å². The lowest BCUT2D eigenvalue weighted by Gasteiger charge is -2.17.